The number of halogens is 1. The smallest absolute Gasteiger partial charge is 0.191 e. The molecule has 8 heteroatoms. The van der Waals surface area contributed by atoms with Gasteiger partial charge in [0.2, 0.25) is 0 Å². The molecule has 0 aliphatic carbocycles. The Morgan fingerprint density at radius 1 is 1.10 bits per heavy atom. The molecule has 0 spiro atoms. The van der Waals surface area contributed by atoms with E-state index in [4.69, 9.17) is 0 Å². The fraction of sp³-hybridized carbons (Fsp3) is 0.682. The largest absolute Gasteiger partial charge is 0.357 e. The van der Waals surface area contributed by atoms with Crippen molar-refractivity contribution in [2.45, 2.75) is 65.1 Å². The van der Waals surface area contributed by atoms with E-state index in [2.05, 4.69) is 44.8 Å². The Balaban J connectivity index is 0.00000450. The summed E-state index contributed by atoms with van der Waals surface area (Å²) in [5.41, 5.74) is 2.53. The molecule has 1 saturated heterocycles. The number of nitrogens with one attached hydrogen (secondary N) is 2. The zero-order valence-electron chi connectivity index (χ0n) is 18.7. The zero-order valence-corrected chi connectivity index (χ0v) is 21.8. The molecule has 1 aromatic carbocycles. The van der Waals surface area contributed by atoms with Crippen molar-refractivity contribution in [3.63, 3.8) is 0 Å². The van der Waals surface area contributed by atoms with E-state index in [0.29, 0.717) is 13.0 Å². The van der Waals surface area contributed by atoms with Gasteiger partial charge >= 0.3 is 0 Å². The number of rotatable bonds is 9. The molecule has 30 heavy (non-hydrogen) atoms. The number of benzene rings is 1. The highest BCUT2D eigenvalue weighted by molar-refractivity contribution is 14.0. The summed E-state index contributed by atoms with van der Waals surface area (Å²) >= 11 is 0. The Labute approximate surface area is 200 Å². The molecular weight excluding hydrogens is 511 g/mol. The van der Waals surface area contributed by atoms with Gasteiger partial charge in [0.05, 0.1) is 12.3 Å². The quantitative estimate of drug-likeness (QED) is 0.280. The molecule has 0 radical (unpaired) electrons. The lowest BCUT2D eigenvalue weighted by Crippen LogP contribution is -2.42. The number of guanidine groups is 1. The molecule has 172 valence electrons. The molecule has 1 aromatic rings. The summed E-state index contributed by atoms with van der Waals surface area (Å²) < 4.78 is 22.7. The fourth-order valence-electron chi connectivity index (χ4n) is 3.49. The van der Waals surface area contributed by atoms with Gasteiger partial charge in [0, 0.05) is 25.4 Å². The van der Waals surface area contributed by atoms with E-state index >= 15 is 0 Å². The average Bonchev–Trinajstić information content (AvgIpc) is 2.94. The summed E-state index contributed by atoms with van der Waals surface area (Å²) in [5.74, 6) is 0.904. The van der Waals surface area contributed by atoms with Gasteiger partial charge in [0.1, 0.15) is 9.84 Å². The van der Waals surface area contributed by atoms with Gasteiger partial charge in [-0.15, -0.1) is 24.0 Å². The van der Waals surface area contributed by atoms with Crippen molar-refractivity contribution in [2.24, 2.45) is 4.99 Å². The van der Waals surface area contributed by atoms with Crippen LogP contribution in [0, 0.1) is 0 Å². The molecule has 1 aliphatic rings. The Morgan fingerprint density at radius 2 is 1.70 bits per heavy atom. The third kappa shape index (κ3) is 11.5. The maximum absolute atomic E-state index is 11.4. The van der Waals surface area contributed by atoms with Crippen LogP contribution in [0.15, 0.2) is 29.3 Å². The minimum Gasteiger partial charge on any atom is -0.357 e. The number of hydrogen-bond acceptors (Lipinski definition) is 4. The van der Waals surface area contributed by atoms with Crippen molar-refractivity contribution in [2.75, 3.05) is 31.6 Å². The van der Waals surface area contributed by atoms with Crippen LogP contribution in [0.4, 0.5) is 0 Å². The first-order chi connectivity index (χ1) is 13.9. The Bertz CT molecular complexity index is 730. The van der Waals surface area contributed by atoms with E-state index in [9.17, 15) is 8.42 Å². The van der Waals surface area contributed by atoms with E-state index < -0.39 is 9.84 Å². The Hall–Kier alpha value is -0.870. The molecule has 0 saturated carbocycles. The third-order valence-electron chi connectivity index (χ3n) is 5.20. The third-order valence-corrected chi connectivity index (χ3v) is 6.17. The van der Waals surface area contributed by atoms with E-state index in [0.717, 1.165) is 19.0 Å². The lowest BCUT2D eigenvalue weighted by atomic mass is 10.1. The van der Waals surface area contributed by atoms with Crippen molar-refractivity contribution >= 4 is 39.8 Å². The molecule has 1 fully saturated rings. The molecule has 1 aliphatic heterocycles. The zero-order chi connectivity index (χ0) is 21.1. The summed E-state index contributed by atoms with van der Waals surface area (Å²) in [6.07, 6.45) is 7.19. The maximum Gasteiger partial charge on any atom is 0.191 e. The van der Waals surface area contributed by atoms with Gasteiger partial charge in [0.25, 0.3) is 0 Å². The van der Waals surface area contributed by atoms with Crippen molar-refractivity contribution in [3.05, 3.63) is 35.4 Å². The van der Waals surface area contributed by atoms with Crippen molar-refractivity contribution in [3.8, 4) is 0 Å². The van der Waals surface area contributed by atoms with Crippen LogP contribution < -0.4 is 10.6 Å². The van der Waals surface area contributed by atoms with Gasteiger partial charge in [0.15, 0.2) is 5.96 Å². The van der Waals surface area contributed by atoms with Crippen LogP contribution in [0.3, 0.4) is 0 Å². The maximum atomic E-state index is 11.4. The highest BCUT2D eigenvalue weighted by Crippen LogP contribution is 2.14. The molecule has 2 N–H and O–H groups in total. The number of hydrogen-bond donors (Lipinski definition) is 2. The highest BCUT2D eigenvalue weighted by atomic mass is 127. The second kappa shape index (κ2) is 14.2. The fourth-order valence-corrected chi connectivity index (χ4v) is 4.27. The summed E-state index contributed by atoms with van der Waals surface area (Å²) in [5, 5.41) is 6.54. The molecule has 2 rings (SSSR count). The monoisotopic (exact) mass is 550 g/mol. The Morgan fingerprint density at radius 3 is 2.27 bits per heavy atom. The topological polar surface area (TPSA) is 73.8 Å². The predicted octanol–water partition coefficient (Wildman–Crippen LogP) is 3.56. The highest BCUT2D eigenvalue weighted by Gasteiger charge is 2.10. The van der Waals surface area contributed by atoms with Gasteiger partial charge < -0.3 is 10.6 Å². The normalized spacial score (nSPS) is 17.0. The van der Waals surface area contributed by atoms with Crippen LogP contribution in [0.2, 0.25) is 0 Å². The van der Waals surface area contributed by atoms with Crippen molar-refractivity contribution in [1.29, 1.82) is 0 Å². The van der Waals surface area contributed by atoms with Gasteiger partial charge in [-0.3, -0.25) is 4.90 Å². The second-order valence-corrected chi connectivity index (χ2v) is 10.4. The van der Waals surface area contributed by atoms with Crippen LogP contribution in [-0.4, -0.2) is 57.0 Å². The molecule has 1 heterocycles. The summed E-state index contributed by atoms with van der Waals surface area (Å²) in [6.45, 7) is 8.82. The van der Waals surface area contributed by atoms with Crippen LogP contribution in [0.25, 0.3) is 0 Å². The van der Waals surface area contributed by atoms with Crippen LogP contribution >= 0.6 is 24.0 Å². The Kier molecular flexibility index (Phi) is 12.9. The van der Waals surface area contributed by atoms with Crippen molar-refractivity contribution in [1.82, 2.24) is 15.5 Å². The van der Waals surface area contributed by atoms with Crippen molar-refractivity contribution < 1.29 is 8.42 Å². The number of likely N-dealkylation sites (tertiary alicyclic amines) is 1. The minimum absolute atomic E-state index is 0. The molecule has 1 atom stereocenters. The lowest BCUT2D eigenvalue weighted by Gasteiger charge is -2.20. The molecule has 0 amide bonds. The van der Waals surface area contributed by atoms with E-state index in [1.165, 1.54) is 56.2 Å². The SMILES string of the molecule is CCNC(=NCc1ccc(CN2CCCCCC2)cc1)NC(C)CCS(C)(=O)=O.I. The molecule has 6 nitrogen and oxygen atoms in total. The number of sulfone groups is 1. The minimum atomic E-state index is -2.94. The van der Waals surface area contributed by atoms with E-state index in [1.54, 1.807) is 0 Å². The lowest BCUT2D eigenvalue weighted by molar-refractivity contribution is 0.277. The van der Waals surface area contributed by atoms with Gasteiger partial charge in [-0.25, -0.2) is 13.4 Å². The summed E-state index contributed by atoms with van der Waals surface area (Å²) in [4.78, 5) is 7.22. The summed E-state index contributed by atoms with van der Waals surface area (Å²) in [6, 6.07) is 8.79. The molecule has 0 bridgehead atoms. The average molecular weight is 551 g/mol. The van der Waals surface area contributed by atoms with Crippen LogP contribution in [-0.2, 0) is 22.9 Å². The number of nitrogens with zero attached hydrogens (tertiary/aromatic N) is 2. The van der Waals surface area contributed by atoms with Crippen LogP contribution in [0.5, 0.6) is 0 Å². The first-order valence-electron chi connectivity index (χ1n) is 10.9. The van der Waals surface area contributed by atoms with Gasteiger partial charge in [-0.05, 0) is 57.3 Å². The first kappa shape index (κ1) is 27.2. The number of aliphatic imine (C=N–C) groups is 1. The first-order valence-corrected chi connectivity index (χ1v) is 12.9. The van der Waals surface area contributed by atoms with E-state index in [1.807, 2.05) is 13.8 Å². The van der Waals surface area contributed by atoms with Crippen LogP contribution in [0.1, 0.15) is 57.1 Å². The molecular formula is C22H39IN4O2S. The van der Waals surface area contributed by atoms with Gasteiger partial charge in [-0.1, -0.05) is 37.1 Å². The molecule has 0 aromatic heterocycles. The standard InChI is InChI=1S/C22H38N4O2S.HI/c1-4-23-22(25-19(2)13-16-29(3,27)28)24-17-20-9-11-21(12-10-20)18-26-14-7-5-6-8-15-26;/h9-12,19H,4-8,13-18H2,1-3H3,(H2,23,24,25);1H. The van der Waals surface area contributed by atoms with E-state index in [-0.39, 0.29) is 35.8 Å². The summed E-state index contributed by atoms with van der Waals surface area (Å²) in [7, 11) is -2.94. The molecule has 1 unspecified atom stereocenters. The second-order valence-electron chi connectivity index (χ2n) is 8.17. The van der Waals surface area contributed by atoms with Gasteiger partial charge in [-0.2, -0.15) is 0 Å². The predicted molar refractivity (Wildman–Crippen MR) is 137 cm³/mol.